The molecule has 0 radical (unpaired) electrons. The van der Waals surface area contributed by atoms with Gasteiger partial charge in [0.1, 0.15) is 11.5 Å². The molecule has 2 aromatic rings. The summed E-state index contributed by atoms with van der Waals surface area (Å²) in [7, 11) is 1.71. The Balaban J connectivity index is 2.12. The molecule has 0 amide bonds. The third kappa shape index (κ3) is 3.74. The van der Waals surface area contributed by atoms with Gasteiger partial charge in [0.2, 0.25) is 17.3 Å². The van der Waals surface area contributed by atoms with E-state index in [0.29, 0.717) is 28.9 Å². The maximum atomic E-state index is 8.47. The normalized spacial score (nSPS) is 11.0. The van der Waals surface area contributed by atoms with Crippen LogP contribution in [0.3, 0.4) is 0 Å². The number of thiazole rings is 1. The van der Waals surface area contributed by atoms with E-state index < -0.39 is 0 Å². The van der Waals surface area contributed by atoms with Crippen LogP contribution < -0.4 is 17.2 Å². The maximum Gasteiger partial charge on any atom is 0.212 e. The third-order valence-corrected chi connectivity index (χ3v) is 3.31. The lowest BCUT2D eigenvalue weighted by molar-refractivity contribution is 0.412. The van der Waals surface area contributed by atoms with Crippen LogP contribution in [-0.4, -0.2) is 28.9 Å². The van der Waals surface area contributed by atoms with Crippen molar-refractivity contribution in [1.82, 2.24) is 9.88 Å². The third-order valence-electron chi connectivity index (χ3n) is 2.58. The first-order valence-electron chi connectivity index (χ1n) is 6.07. The Kier molecular flexibility index (Phi) is 4.60. The fourth-order valence-electron chi connectivity index (χ4n) is 1.59. The maximum absolute atomic E-state index is 8.47. The minimum absolute atomic E-state index is 0.0464. The molecule has 6 N–H and O–H groups in total. The summed E-state index contributed by atoms with van der Waals surface area (Å²) in [5.41, 5.74) is 16.9. The highest BCUT2D eigenvalue weighted by Gasteiger charge is 2.11. The number of nitrogens with zero attached hydrogens (tertiary/aromatic N) is 5. The van der Waals surface area contributed by atoms with Crippen LogP contribution in [0.5, 0.6) is 0 Å². The van der Waals surface area contributed by atoms with Gasteiger partial charge < -0.3 is 26.5 Å². The van der Waals surface area contributed by atoms with Gasteiger partial charge in [-0.1, -0.05) is 0 Å². The van der Waals surface area contributed by atoms with Gasteiger partial charge in [0, 0.05) is 12.4 Å². The summed E-state index contributed by atoms with van der Waals surface area (Å²) < 4.78 is 5.69. The SMILES string of the molecule is CN(Cc1ccc(-c2csc(N=C(N)N)n2)o1)C(N)=NC#N. The topological polar surface area (TPSA) is 156 Å². The predicted octanol–water partition coefficient (Wildman–Crippen LogP) is 0.536. The minimum Gasteiger partial charge on any atom is -0.458 e. The van der Waals surface area contributed by atoms with E-state index in [1.807, 2.05) is 0 Å². The van der Waals surface area contributed by atoms with Crippen molar-refractivity contribution < 1.29 is 4.42 Å². The smallest absolute Gasteiger partial charge is 0.212 e. The van der Waals surface area contributed by atoms with E-state index in [-0.39, 0.29) is 11.9 Å². The largest absolute Gasteiger partial charge is 0.458 e. The molecule has 0 saturated heterocycles. The van der Waals surface area contributed by atoms with Gasteiger partial charge >= 0.3 is 0 Å². The van der Waals surface area contributed by atoms with Gasteiger partial charge in [0.05, 0.1) is 6.54 Å². The predicted molar refractivity (Wildman–Crippen MR) is 84.0 cm³/mol. The molecule has 22 heavy (non-hydrogen) atoms. The van der Waals surface area contributed by atoms with Gasteiger partial charge in [-0.3, -0.25) is 0 Å². The molecule has 2 heterocycles. The summed E-state index contributed by atoms with van der Waals surface area (Å²) >= 11 is 1.30. The second-order valence-electron chi connectivity index (χ2n) is 4.24. The van der Waals surface area contributed by atoms with Crippen molar-refractivity contribution in [2.75, 3.05) is 7.05 Å². The number of rotatable bonds is 4. The average molecular weight is 318 g/mol. The van der Waals surface area contributed by atoms with Gasteiger partial charge in [-0.15, -0.1) is 16.3 Å². The molecule has 0 fully saturated rings. The summed E-state index contributed by atoms with van der Waals surface area (Å²) in [5.74, 6) is 1.32. The van der Waals surface area contributed by atoms with Crippen LogP contribution in [-0.2, 0) is 6.54 Å². The number of furan rings is 1. The molecule has 0 aliphatic heterocycles. The summed E-state index contributed by atoms with van der Waals surface area (Å²) in [6.07, 6.45) is 1.63. The lowest BCUT2D eigenvalue weighted by atomic mass is 10.3. The highest BCUT2D eigenvalue weighted by atomic mass is 32.1. The van der Waals surface area contributed by atoms with Crippen molar-refractivity contribution in [3.8, 4) is 17.6 Å². The second-order valence-corrected chi connectivity index (χ2v) is 5.08. The summed E-state index contributed by atoms with van der Waals surface area (Å²) in [5, 5.41) is 10.7. The molecule has 0 aromatic carbocycles. The first-order valence-corrected chi connectivity index (χ1v) is 6.95. The summed E-state index contributed by atoms with van der Waals surface area (Å²) in [6, 6.07) is 3.58. The van der Waals surface area contributed by atoms with E-state index in [9.17, 15) is 0 Å². The monoisotopic (exact) mass is 318 g/mol. The Morgan fingerprint density at radius 1 is 1.45 bits per heavy atom. The number of nitrogens with two attached hydrogens (primary N) is 3. The molecule has 2 aromatic heterocycles. The first kappa shape index (κ1) is 15.3. The zero-order valence-electron chi connectivity index (χ0n) is 11.7. The molecule has 0 saturated carbocycles. The molecule has 0 spiro atoms. The first-order chi connectivity index (χ1) is 10.5. The van der Waals surface area contributed by atoms with E-state index in [2.05, 4.69) is 15.0 Å². The Morgan fingerprint density at radius 3 is 2.91 bits per heavy atom. The van der Waals surface area contributed by atoms with Crippen LogP contribution in [0.2, 0.25) is 0 Å². The molecule has 10 heteroatoms. The average Bonchev–Trinajstić information content (AvgIpc) is 3.07. The van der Waals surface area contributed by atoms with Crippen LogP contribution in [0.1, 0.15) is 5.76 Å². The molecule has 9 nitrogen and oxygen atoms in total. The minimum atomic E-state index is -0.0464. The van der Waals surface area contributed by atoms with Crippen LogP contribution in [0, 0.1) is 11.5 Å². The number of aromatic nitrogens is 1. The molecule has 2 rings (SSSR count). The van der Waals surface area contributed by atoms with Crippen molar-refractivity contribution in [3.63, 3.8) is 0 Å². The van der Waals surface area contributed by atoms with Crippen LogP contribution >= 0.6 is 11.3 Å². The van der Waals surface area contributed by atoms with Gasteiger partial charge in [-0.2, -0.15) is 10.3 Å². The van der Waals surface area contributed by atoms with Crippen molar-refractivity contribution in [3.05, 3.63) is 23.3 Å². The number of hydrogen-bond acceptors (Lipinski definition) is 6. The lowest BCUT2D eigenvalue weighted by Gasteiger charge is -2.14. The molecule has 114 valence electrons. The van der Waals surface area contributed by atoms with Gasteiger partial charge in [-0.25, -0.2) is 4.98 Å². The molecular formula is C12H14N8OS. The van der Waals surface area contributed by atoms with E-state index in [1.165, 1.54) is 11.3 Å². The van der Waals surface area contributed by atoms with Crippen LogP contribution in [0.15, 0.2) is 31.9 Å². The number of aliphatic imine (C=N–C) groups is 2. The van der Waals surface area contributed by atoms with Crippen LogP contribution in [0.25, 0.3) is 11.5 Å². The Hall–Kier alpha value is -3.06. The van der Waals surface area contributed by atoms with E-state index in [1.54, 1.807) is 35.7 Å². The fourth-order valence-corrected chi connectivity index (χ4v) is 2.29. The number of nitriles is 1. The molecule has 0 bridgehead atoms. The van der Waals surface area contributed by atoms with E-state index in [0.717, 1.165) is 0 Å². The second kappa shape index (κ2) is 6.59. The Labute approximate surface area is 130 Å². The van der Waals surface area contributed by atoms with E-state index in [4.69, 9.17) is 26.9 Å². The quantitative estimate of drug-likeness (QED) is 0.421. The number of hydrogen-bond donors (Lipinski definition) is 3. The standard InChI is InChI=1S/C12H14N8OS/c1-20(11(16)17-6-13)4-7-2-3-9(21-7)8-5-22-12(18-8)19-10(14)15/h2-3,5H,4H2,1H3,(H2,16,17)(H4,14,15,18,19). The van der Waals surface area contributed by atoms with Crippen molar-refractivity contribution in [1.29, 1.82) is 5.26 Å². The fraction of sp³-hybridized carbons (Fsp3) is 0.167. The van der Waals surface area contributed by atoms with Gasteiger partial charge in [0.25, 0.3) is 0 Å². The van der Waals surface area contributed by atoms with Crippen molar-refractivity contribution in [2.24, 2.45) is 27.2 Å². The Morgan fingerprint density at radius 2 is 2.23 bits per heavy atom. The van der Waals surface area contributed by atoms with E-state index >= 15 is 0 Å². The molecule has 0 aliphatic carbocycles. The molecule has 0 atom stereocenters. The summed E-state index contributed by atoms with van der Waals surface area (Å²) in [4.78, 5) is 13.2. The highest BCUT2D eigenvalue weighted by molar-refractivity contribution is 7.13. The number of guanidine groups is 2. The zero-order chi connectivity index (χ0) is 16.1. The molecule has 0 aliphatic rings. The van der Waals surface area contributed by atoms with Crippen LogP contribution in [0.4, 0.5) is 5.13 Å². The summed E-state index contributed by atoms with van der Waals surface area (Å²) in [6.45, 7) is 0.377. The highest BCUT2D eigenvalue weighted by Crippen LogP contribution is 2.28. The Bertz CT molecular complexity index is 749. The zero-order valence-corrected chi connectivity index (χ0v) is 12.5. The molecule has 0 unspecified atom stereocenters. The molecular weight excluding hydrogens is 304 g/mol. The van der Waals surface area contributed by atoms with Gasteiger partial charge in [0.15, 0.2) is 11.7 Å². The van der Waals surface area contributed by atoms with Crippen molar-refractivity contribution >= 4 is 28.4 Å². The van der Waals surface area contributed by atoms with Crippen molar-refractivity contribution in [2.45, 2.75) is 6.54 Å². The van der Waals surface area contributed by atoms with Gasteiger partial charge in [-0.05, 0) is 12.1 Å². The lowest BCUT2D eigenvalue weighted by Crippen LogP contribution is -2.33.